The molecule has 0 aromatic carbocycles. The summed E-state index contributed by atoms with van der Waals surface area (Å²) in [7, 11) is 0. The monoisotopic (exact) mass is 190 g/mol. The van der Waals surface area contributed by atoms with E-state index in [0.29, 0.717) is 0 Å². The van der Waals surface area contributed by atoms with E-state index in [2.05, 4.69) is 17.9 Å². The zero-order valence-electron chi connectivity index (χ0n) is 7.20. The highest BCUT2D eigenvalue weighted by atomic mass is 32.1. The highest BCUT2D eigenvalue weighted by Crippen LogP contribution is 2.01. The van der Waals surface area contributed by atoms with Gasteiger partial charge in [0.1, 0.15) is 0 Å². The Morgan fingerprint density at radius 2 is 2.00 bits per heavy atom. The molecule has 70 valence electrons. The molecule has 0 aliphatic rings. The number of ketones is 1. The maximum absolute atomic E-state index is 11.0. The third-order valence-electron chi connectivity index (χ3n) is 1.42. The van der Waals surface area contributed by atoms with Gasteiger partial charge in [0.05, 0.1) is 6.04 Å². The minimum absolute atomic E-state index is 0.129. The van der Waals surface area contributed by atoms with Gasteiger partial charge in [0, 0.05) is 18.7 Å². The second kappa shape index (κ2) is 5.16. The van der Waals surface area contributed by atoms with Crippen LogP contribution in [0, 0.1) is 0 Å². The molecule has 0 heterocycles. The Morgan fingerprint density at radius 1 is 1.50 bits per heavy atom. The average Bonchev–Trinajstić information content (AvgIpc) is 1.98. The van der Waals surface area contributed by atoms with Gasteiger partial charge < -0.3 is 11.1 Å². The van der Waals surface area contributed by atoms with Crippen LogP contribution in [0.25, 0.3) is 0 Å². The van der Waals surface area contributed by atoms with Crippen molar-refractivity contribution in [1.29, 1.82) is 0 Å². The lowest BCUT2D eigenvalue weighted by Crippen LogP contribution is -2.47. The topological polar surface area (TPSA) is 72.2 Å². The molecule has 0 spiro atoms. The van der Waals surface area contributed by atoms with Gasteiger partial charge in [-0.1, -0.05) is 0 Å². The molecule has 0 aliphatic heterocycles. The van der Waals surface area contributed by atoms with Gasteiger partial charge in [-0.25, -0.2) is 0 Å². The van der Waals surface area contributed by atoms with Crippen LogP contribution in [0.4, 0.5) is 0 Å². The lowest BCUT2D eigenvalue weighted by atomic mass is 10.1. The van der Waals surface area contributed by atoms with Crippen LogP contribution in [-0.2, 0) is 9.59 Å². The highest BCUT2D eigenvalue weighted by Gasteiger charge is 2.21. The number of Topliss-reactive ketones (excluding diaryl/α,β-unsaturated/α-hetero) is 1. The fourth-order valence-corrected chi connectivity index (χ4v) is 1.11. The minimum atomic E-state index is -0.573. The number of hydrogen-bond acceptors (Lipinski definition) is 4. The average molecular weight is 190 g/mol. The van der Waals surface area contributed by atoms with Crippen LogP contribution in [0.1, 0.15) is 13.8 Å². The molecular weight excluding hydrogens is 176 g/mol. The normalized spacial score (nSPS) is 15.0. The maximum Gasteiger partial charge on any atom is 0.217 e. The summed E-state index contributed by atoms with van der Waals surface area (Å²) in [6.07, 6.45) is 0. The Kier molecular flexibility index (Phi) is 4.92. The molecule has 3 N–H and O–H groups in total. The predicted octanol–water partition coefficient (Wildman–Crippen LogP) is -0.663. The van der Waals surface area contributed by atoms with Crippen molar-refractivity contribution in [3.8, 4) is 0 Å². The highest BCUT2D eigenvalue weighted by molar-refractivity contribution is 7.81. The molecule has 0 bridgehead atoms. The Labute approximate surface area is 77.3 Å². The molecule has 0 saturated carbocycles. The van der Waals surface area contributed by atoms with E-state index >= 15 is 0 Å². The molecule has 0 radical (unpaired) electrons. The Morgan fingerprint density at radius 3 is 2.25 bits per heavy atom. The lowest BCUT2D eigenvalue weighted by molar-refractivity contribution is -0.125. The predicted molar refractivity (Wildman–Crippen MR) is 50.1 cm³/mol. The Bertz CT molecular complexity index is 184. The molecule has 2 unspecified atom stereocenters. The van der Waals surface area contributed by atoms with Crippen molar-refractivity contribution in [3.63, 3.8) is 0 Å². The largest absolute Gasteiger partial charge is 0.345 e. The fourth-order valence-electron chi connectivity index (χ4n) is 0.824. The van der Waals surface area contributed by atoms with E-state index in [9.17, 15) is 9.59 Å². The summed E-state index contributed by atoms with van der Waals surface area (Å²) >= 11 is 4.08. The van der Waals surface area contributed by atoms with Gasteiger partial charge in [0.25, 0.3) is 0 Å². The molecule has 5 heteroatoms. The number of nitrogens with two attached hydrogens (primary N) is 1. The van der Waals surface area contributed by atoms with Gasteiger partial charge in [0.15, 0.2) is 5.78 Å². The number of amides is 1. The zero-order chi connectivity index (χ0) is 9.72. The van der Waals surface area contributed by atoms with Gasteiger partial charge >= 0.3 is 0 Å². The number of nitrogens with one attached hydrogen (secondary N) is 1. The van der Waals surface area contributed by atoms with E-state index < -0.39 is 6.04 Å². The van der Waals surface area contributed by atoms with Gasteiger partial charge in [-0.2, -0.15) is 12.6 Å². The van der Waals surface area contributed by atoms with Crippen molar-refractivity contribution >= 4 is 24.3 Å². The van der Waals surface area contributed by atoms with Crippen LogP contribution in [0.3, 0.4) is 0 Å². The van der Waals surface area contributed by atoms with Crippen molar-refractivity contribution in [3.05, 3.63) is 0 Å². The summed E-state index contributed by atoms with van der Waals surface area (Å²) in [4.78, 5) is 21.6. The van der Waals surface area contributed by atoms with Crippen LogP contribution in [0.5, 0.6) is 0 Å². The lowest BCUT2D eigenvalue weighted by Gasteiger charge is -2.19. The third-order valence-corrected chi connectivity index (χ3v) is 1.93. The van der Waals surface area contributed by atoms with Crippen molar-refractivity contribution in [2.24, 2.45) is 5.73 Å². The quantitative estimate of drug-likeness (QED) is 0.515. The summed E-state index contributed by atoms with van der Waals surface area (Å²) in [6, 6.07) is -0.573. The molecule has 1 amide bonds. The molecule has 0 fully saturated rings. The summed E-state index contributed by atoms with van der Waals surface area (Å²) in [5, 5.41) is 2.17. The molecular formula is C7H14N2O2S. The fraction of sp³-hybridized carbons (Fsp3) is 0.714. The van der Waals surface area contributed by atoms with Gasteiger partial charge in [0.2, 0.25) is 5.91 Å². The van der Waals surface area contributed by atoms with Crippen LogP contribution in [0.2, 0.25) is 0 Å². The summed E-state index contributed by atoms with van der Waals surface area (Å²) in [6.45, 7) is 3.01. The molecule has 0 aliphatic carbocycles. The first-order valence-corrected chi connectivity index (χ1v) is 4.16. The molecule has 2 atom stereocenters. The summed E-state index contributed by atoms with van der Waals surface area (Å²) in [5.74, 6) is -0.377. The van der Waals surface area contributed by atoms with Gasteiger partial charge in [-0.05, 0) is 6.92 Å². The van der Waals surface area contributed by atoms with Crippen LogP contribution in [0.15, 0.2) is 0 Å². The third kappa shape index (κ3) is 3.73. The number of hydrogen-bond donors (Lipinski definition) is 3. The Balaban J connectivity index is 4.22. The van der Waals surface area contributed by atoms with E-state index in [1.54, 1.807) is 0 Å². The van der Waals surface area contributed by atoms with E-state index in [1.807, 2.05) is 0 Å². The van der Waals surface area contributed by atoms with E-state index in [4.69, 9.17) is 5.73 Å². The summed E-state index contributed by atoms with van der Waals surface area (Å²) in [5.41, 5.74) is 5.31. The SMILES string of the molecule is CC(=O)NC(C(C)=O)C(S)CN. The van der Waals surface area contributed by atoms with Crippen molar-refractivity contribution in [2.75, 3.05) is 6.54 Å². The second-order valence-electron chi connectivity index (χ2n) is 2.59. The maximum atomic E-state index is 11.0. The first-order valence-electron chi connectivity index (χ1n) is 3.64. The number of carbonyl (C=O) groups excluding carboxylic acids is 2. The van der Waals surface area contributed by atoms with Gasteiger partial charge in [-0.15, -0.1) is 0 Å². The molecule has 0 rings (SSSR count). The first kappa shape index (κ1) is 11.4. The molecule has 4 nitrogen and oxygen atoms in total. The number of thiol groups is 1. The molecule has 0 aromatic rings. The van der Waals surface area contributed by atoms with Crippen LogP contribution in [-0.4, -0.2) is 29.5 Å². The molecule has 0 saturated heterocycles. The van der Waals surface area contributed by atoms with E-state index in [-0.39, 0.29) is 23.5 Å². The van der Waals surface area contributed by atoms with Crippen molar-refractivity contribution in [1.82, 2.24) is 5.32 Å². The van der Waals surface area contributed by atoms with Crippen LogP contribution < -0.4 is 11.1 Å². The standard InChI is InChI=1S/C7H14N2O2S/c1-4(10)7(6(12)3-8)9-5(2)11/h6-7,12H,3,8H2,1-2H3,(H,9,11). The van der Waals surface area contributed by atoms with Crippen molar-refractivity contribution in [2.45, 2.75) is 25.1 Å². The van der Waals surface area contributed by atoms with E-state index in [0.717, 1.165) is 0 Å². The van der Waals surface area contributed by atoms with Gasteiger partial charge in [-0.3, -0.25) is 9.59 Å². The second-order valence-corrected chi connectivity index (χ2v) is 3.26. The summed E-state index contributed by atoms with van der Waals surface area (Å²) < 4.78 is 0. The van der Waals surface area contributed by atoms with E-state index in [1.165, 1.54) is 13.8 Å². The number of carbonyl (C=O) groups is 2. The first-order chi connectivity index (χ1) is 5.49. The van der Waals surface area contributed by atoms with Crippen molar-refractivity contribution < 1.29 is 9.59 Å². The minimum Gasteiger partial charge on any atom is -0.345 e. The molecule has 12 heavy (non-hydrogen) atoms. The van der Waals surface area contributed by atoms with Crippen LogP contribution >= 0.6 is 12.6 Å². The Hall–Kier alpha value is -0.550. The number of rotatable bonds is 4. The zero-order valence-corrected chi connectivity index (χ0v) is 8.10. The molecule has 0 aromatic heterocycles. The smallest absolute Gasteiger partial charge is 0.217 e.